The quantitative estimate of drug-likeness (QED) is 0.486. The van der Waals surface area contributed by atoms with Crippen LogP contribution in [0.25, 0.3) is 0 Å². The van der Waals surface area contributed by atoms with E-state index >= 15 is 0 Å². The molecule has 56 valence electrons. The molecule has 2 aliphatic carbocycles. The lowest BCUT2D eigenvalue weighted by atomic mass is 9.94. The predicted molar refractivity (Wildman–Crippen MR) is 43.8 cm³/mol. The zero-order valence-corrected chi connectivity index (χ0v) is 7.15. The van der Waals surface area contributed by atoms with Crippen LogP contribution in [-0.4, -0.2) is 0 Å². The van der Waals surface area contributed by atoms with Crippen LogP contribution in [-0.2, 0) is 0 Å². The fourth-order valence-electron chi connectivity index (χ4n) is 2.49. The first kappa shape index (κ1) is 6.45. The van der Waals surface area contributed by atoms with Crippen molar-refractivity contribution in [3.05, 3.63) is 11.6 Å². The topological polar surface area (TPSA) is 0 Å². The van der Waals surface area contributed by atoms with E-state index in [1.165, 1.54) is 12.8 Å². The van der Waals surface area contributed by atoms with E-state index in [1.807, 2.05) is 0 Å². The summed E-state index contributed by atoms with van der Waals surface area (Å²) in [5.74, 6) is 1.85. The van der Waals surface area contributed by atoms with Crippen molar-refractivity contribution in [1.82, 2.24) is 0 Å². The molecular weight excluding hydrogens is 120 g/mol. The van der Waals surface area contributed by atoms with Gasteiger partial charge in [-0.05, 0) is 30.1 Å². The first-order valence-electron chi connectivity index (χ1n) is 4.40. The Balaban J connectivity index is 2.19. The Morgan fingerprint density at radius 1 is 1.70 bits per heavy atom. The molecule has 0 aliphatic heterocycles. The van der Waals surface area contributed by atoms with E-state index in [9.17, 15) is 0 Å². The number of rotatable bonds is 1. The van der Waals surface area contributed by atoms with Crippen molar-refractivity contribution in [3.8, 4) is 0 Å². The molecular formula is C10H16. The van der Waals surface area contributed by atoms with Gasteiger partial charge in [-0.3, -0.25) is 0 Å². The molecule has 3 unspecified atom stereocenters. The number of hydrogen-bond acceptors (Lipinski definition) is 0. The van der Waals surface area contributed by atoms with Gasteiger partial charge in [0, 0.05) is 0 Å². The van der Waals surface area contributed by atoms with Gasteiger partial charge in [-0.25, -0.2) is 0 Å². The summed E-state index contributed by atoms with van der Waals surface area (Å²) in [5, 5.41) is 0. The zero-order valence-electron chi connectivity index (χ0n) is 7.15. The van der Waals surface area contributed by atoms with E-state index in [2.05, 4.69) is 26.8 Å². The molecule has 3 atom stereocenters. The van der Waals surface area contributed by atoms with Crippen LogP contribution in [0, 0.1) is 17.3 Å². The minimum absolute atomic E-state index is 0.645. The minimum atomic E-state index is 0.645. The summed E-state index contributed by atoms with van der Waals surface area (Å²) >= 11 is 0. The van der Waals surface area contributed by atoms with E-state index in [0.717, 1.165) is 11.8 Å². The van der Waals surface area contributed by atoms with Crippen molar-refractivity contribution < 1.29 is 0 Å². The minimum Gasteiger partial charge on any atom is -0.0816 e. The molecule has 0 nitrogen and oxygen atoms in total. The van der Waals surface area contributed by atoms with Crippen LogP contribution in [0.4, 0.5) is 0 Å². The third-order valence-corrected chi connectivity index (χ3v) is 3.53. The molecule has 0 aromatic rings. The zero-order chi connectivity index (χ0) is 7.35. The third-order valence-electron chi connectivity index (χ3n) is 3.53. The summed E-state index contributed by atoms with van der Waals surface area (Å²) in [6.07, 6.45) is 5.27. The Labute approximate surface area is 63.3 Å². The van der Waals surface area contributed by atoms with Gasteiger partial charge in [-0.15, -0.1) is 0 Å². The van der Waals surface area contributed by atoms with Crippen LogP contribution in [0.15, 0.2) is 11.6 Å². The summed E-state index contributed by atoms with van der Waals surface area (Å²) in [6, 6.07) is 0. The molecule has 1 fully saturated rings. The van der Waals surface area contributed by atoms with Crippen LogP contribution >= 0.6 is 0 Å². The SMILES string of the molecule is CCC1(C)C2=CC(C)CC21. The highest BCUT2D eigenvalue weighted by atomic mass is 14.6. The summed E-state index contributed by atoms with van der Waals surface area (Å²) < 4.78 is 0. The standard InChI is InChI=1S/C10H16/c1-4-10(3)8-5-7(2)6-9(8)10/h5,7,9H,4,6H2,1-3H3. The Morgan fingerprint density at radius 2 is 2.40 bits per heavy atom. The summed E-state index contributed by atoms with van der Waals surface area (Å²) in [7, 11) is 0. The van der Waals surface area contributed by atoms with Gasteiger partial charge in [0.15, 0.2) is 0 Å². The average Bonchev–Trinajstić information content (AvgIpc) is 2.28. The molecule has 0 heterocycles. The van der Waals surface area contributed by atoms with Crippen LogP contribution in [0.3, 0.4) is 0 Å². The fourth-order valence-corrected chi connectivity index (χ4v) is 2.49. The molecule has 0 N–H and O–H groups in total. The van der Waals surface area contributed by atoms with Crippen molar-refractivity contribution in [2.45, 2.75) is 33.6 Å². The second-order valence-corrected chi connectivity index (χ2v) is 4.16. The van der Waals surface area contributed by atoms with Crippen molar-refractivity contribution in [1.29, 1.82) is 0 Å². The van der Waals surface area contributed by atoms with Gasteiger partial charge in [-0.1, -0.05) is 32.4 Å². The molecule has 0 spiro atoms. The molecule has 1 saturated carbocycles. The van der Waals surface area contributed by atoms with Gasteiger partial charge in [0.1, 0.15) is 0 Å². The molecule has 0 aromatic heterocycles. The summed E-state index contributed by atoms with van der Waals surface area (Å²) in [4.78, 5) is 0. The van der Waals surface area contributed by atoms with Gasteiger partial charge in [-0.2, -0.15) is 0 Å². The number of fused-ring (bicyclic) bond motifs is 1. The van der Waals surface area contributed by atoms with Crippen LogP contribution in [0.2, 0.25) is 0 Å². The molecule has 0 bridgehead atoms. The highest BCUT2D eigenvalue weighted by Gasteiger charge is 2.56. The maximum atomic E-state index is 2.49. The van der Waals surface area contributed by atoms with Crippen LogP contribution in [0.1, 0.15) is 33.6 Å². The van der Waals surface area contributed by atoms with Crippen molar-refractivity contribution in [3.63, 3.8) is 0 Å². The van der Waals surface area contributed by atoms with E-state index in [0.29, 0.717) is 5.41 Å². The summed E-state index contributed by atoms with van der Waals surface area (Å²) in [6.45, 7) is 7.05. The fraction of sp³-hybridized carbons (Fsp3) is 0.800. The van der Waals surface area contributed by atoms with Gasteiger partial charge in [0.05, 0.1) is 0 Å². The van der Waals surface area contributed by atoms with E-state index < -0.39 is 0 Å². The first-order valence-corrected chi connectivity index (χ1v) is 4.40. The van der Waals surface area contributed by atoms with Crippen molar-refractivity contribution in [2.24, 2.45) is 17.3 Å². The highest BCUT2D eigenvalue weighted by Crippen LogP contribution is 2.66. The van der Waals surface area contributed by atoms with E-state index in [4.69, 9.17) is 0 Å². The van der Waals surface area contributed by atoms with Gasteiger partial charge < -0.3 is 0 Å². The van der Waals surface area contributed by atoms with Crippen LogP contribution in [0.5, 0.6) is 0 Å². The van der Waals surface area contributed by atoms with Crippen molar-refractivity contribution >= 4 is 0 Å². The molecule has 0 aromatic carbocycles. The first-order chi connectivity index (χ1) is 4.68. The third kappa shape index (κ3) is 0.574. The lowest BCUT2D eigenvalue weighted by molar-refractivity contribution is 0.436. The second kappa shape index (κ2) is 1.66. The lowest BCUT2D eigenvalue weighted by Gasteiger charge is -2.10. The highest BCUT2D eigenvalue weighted by molar-refractivity contribution is 5.41. The lowest BCUT2D eigenvalue weighted by Crippen LogP contribution is -2.00. The monoisotopic (exact) mass is 136 g/mol. The molecule has 10 heavy (non-hydrogen) atoms. The summed E-state index contributed by atoms with van der Waals surface area (Å²) in [5.41, 5.74) is 2.41. The smallest absolute Gasteiger partial charge is 0.00500 e. The molecule has 0 heteroatoms. The predicted octanol–water partition coefficient (Wildman–Crippen LogP) is 3.00. The molecule has 2 rings (SSSR count). The molecule has 0 saturated heterocycles. The Kier molecular flexibility index (Phi) is 1.07. The normalized spacial score (nSPS) is 50.5. The maximum Gasteiger partial charge on any atom is -0.00500 e. The Hall–Kier alpha value is -0.260. The maximum absolute atomic E-state index is 2.49. The van der Waals surface area contributed by atoms with E-state index in [-0.39, 0.29) is 0 Å². The molecule has 2 aliphatic rings. The molecule has 0 amide bonds. The largest absolute Gasteiger partial charge is 0.0816 e. The van der Waals surface area contributed by atoms with Gasteiger partial charge >= 0.3 is 0 Å². The van der Waals surface area contributed by atoms with Gasteiger partial charge in [0.25, 0.3) is 0 Å². The average molecular weight is 136 g/mol. The molecule has 0 radical (unpaired) electrons. The van der Waals surface area contributed by atoms with Gasteiger partial charge in [0.2, 0.25) is 0 Å². The Morgan fingerprint density at radius 3 is 2.80 bits per heavy atom. The van der Waals surface area contributed by atoms with Crippen molar-refractivity contribution in [2.75, 3.05) is 0 Å². The van der Waals surface area contributed by atoms with Crippen LogP contribution < -0.4 is 0 Å². The number of hydrogen-bond donors (Lipinski definition) is 0. The van der Waals surface area contributed by atoms with E-state index in [1.54, 1.807) is 5.57 Å². The number of allylic oxidation sites excluding steroid dienone is 2. The second-order valence-electron chi connectivity index (χ2n) is 4.16. The Bertz CT molecular complexity index is 190.